The third-order valence-electron chi connectivity index (χ3n) is 1.08. The first-order valence-electron chi connectivity index (χ1n) is 3.75. The number of carboxylic acids is 1. The molecular weight excluding hydrogens is 157 g/mol. The first kappa shape index (κ1) is 10.9. The fourth-order valence-corrected chi connectivity index (χ4v) is 0.607. The van der Waals surface area contributed by atoms with Crippen molar-refractivity contribution in [2.24, 2.45) is 0 Å². The maximum absolute atomic E-state index is 10.1. The Kier molecular flexibility index (Phi) is 5.96. The van der Waals surface area contributed by atoms with E-state index in [1.165, 1.54) is 0 Å². The van der Waals surface area contributed by atoms with Crippen LogP contribution < -0.4 is 5.32 Å². The SMILES string of the molecule is C=C(NC[B]CC(=O)O)OCC. The highest BCUT2D eigenvalue weighted by molar-refractivity contribution is 6.40. The van der Waals surface area contributed by atoms with Crippen molar-refractivity contribution in [1.29, 1.82) is 0 Å². The number of hydrogen-bond acceptors (Lipinski definition) is 3. The number of rotatable bonds is 7. The number of ether oxygens (including phenoxy) is 1. The van der Waals surface area contributed by atoms with Gasteiger partial charge in [-0.25, -0.2) is 0 Å². The second-order valence-corrected chi connectivity index (χ2v) is 2.12. The zero-order valence-corrected chi connectivity index (χ0v) is 7.17. The first-order valence-corrected chi connectivity index (χ1v) is 3.75. The normalized spacial score (nSPS) is 8.75. The molecule has 0 aromatic rings. The summed E-state index contributed by atoms with van der Waals surface area (Å²) >= 11 is 0. The minimum absolute atomic E-state index is 0.0480. The third-order valence-corrected chi connectivity index (χ3v) is 1.08. The zero-order valence-electron chi connectivity index (χ0n) is 7.17. The van der Waals surface area contributed by atoms with Gasteiger partial charge < -0.3 is 15.2 Å². The molecule has 0 rings (SSSR count). The number of nitrogens with one attached hydrogen (secondary N) is 1. The summed E-state index contributed by atoms with van der Waals surface area (Å²) in [6, 6.07) is 0. The molecule has 0 amide bonds. The third kappa shape index (κ3) is 6.99. The molecule has 0 saturated carbocycles. The first-order chi connectivity index (χ1) is 5.66. The molecule has 5 heteroatoms. The van der Waals surface area contributed by atoms with Crippen LogP contribution in [0.3, 0.4) is 0 Å². The molecule has 0 aliphatic rings. The Morgan fingerprint density at radius 2 is 2.42 bits per heavy atom. The van der Waals surface area contributed by atoms with Gasteiger partial charge >= 0.3 is 0 Å². The van der Waals surface area contributed by atoms with Crippen molar-refractivity contribution in [3.8, 4) is 0 Å². The van der Waals surface area contributed by atoms with Crippen LogP contribution >= 0.6 is 0 Å². The molecule has 0 saturated heterocycles. The Bertz CT molecular complexity index is 161. The van der Waals surface area contributed by atoms with E-state index >= 15 is 0 Å². The fraction of sp³-hybridized carbons (Fsp3) is 0.571. The lowest BCUT2D eigenvalue weighted by atomic mass is 9.75. The summed E-state index contributed by atoms with van der Waals surface area (Å²) in [5.74, 6) is -0.363. The molecular formula is C7H13BNO3. The lowest BCUT2D eigenvalue weighted by Crippen LogP contribution is -2.22. The Morgan fingerprint density at radius 3 is 2.92 bits per heavy atom. The van der Waals surface area contributed by atoms with Crippen LogP contribution in [0.25, 0.3) is 0 Å². The van der Waals surface area contributed by atoms with Crippen molar-refractivity contribution in [2.75, 3.05) is 13.1 Å². The van der Waals surface area contributed by atoms with Crippen LogP contribution in [0.5, 0.6) is 0 Å². The van der Waals surface area contributed by atoms with Crippen LogP contribution in [0.15, 0.2) is 12.5 Å². The molecule has 2 N–H and O–H groups in total. The smallest absolute Gasteiger partial charge is 0.295 e. The van der Waals surface area contributed by atoms with Gasteiger partial charge in [-0.05, 0) is 19.9 Å². The maximum Gasteiger partial charge on any atom is 0.295 e. The van der Waals surface area contributed by atoms with Gasteiger partial charge in [-0.2, -0.15) is 0 Å². The van der Waals surface area contributed by atoms with Gasteiger partial charge in [0.15, 0.2) is 5.88 Å². The topological polar surface area (TPSA) is 58.6 Å². The zero-order chi connectivity index (χ0) is 9.40. The van der Waals surface area contributed by atoms with E-state index in [1.807, 2.05) is 6.92 Å². The Labute approximate surface area is 72.8 Å². The van der Waals surface area contributed by atoms with Gasteiger partial charge in [-0.1, -0.05) is 0 Å². The van der Waals surface area contributed by atoms with Crippen molar-refractivity contribution in [1.82, 2.24) is 5.32 Å². The van der Waals surface area contributed by atoms with E-state index in [0.29, 0.717) is 18.9 Å². The lowest BCUT2D eigenvalue weighted by molar-refractivity contribution is -0.134. The Hall–Kier alpha value is -1.13. The molecule has 0 aromatic carbocycles. The van der Waals surface area contributed by atoms with E-state index in [0.717, 1.165) is 0 Å². The van der Waals surface area contributed by atoms with Gasteiger partial charge in [0, 0.05) is 6.32 Å². The summed E-state index contributed by atoms with van der Waals surface area (Å²) in [5, 5.41) is 11.1. The van der Waals surface area contributed by atoms with Gasteiger partial charge in [0.25, 0.3) is 5.97 Å². The van der Waals surface area contributed by atoms with Crippen LogP contribution in [0, 0.1) is 0 Å². The van der Waals surface area contributed by atoms with Crippen LogP contribution in [0.2, 0.25) is 6.32 Å². The number of hydrogen-bond donors (Lipinski definition) is 2. The summed E-state index contributed by atoms with van der Waals surface area (Å²) in [6.07, 6.45) is 0.511. The highest BCUT2D eigenvalue weighted by Crippen LogP contribution is 1.85. The number of carbonyl (C=O) groups is 1. The molecule has 0 aliphatic heterocycles. The van der Waals surface area contributed by atoms with Crippen molar-refractivity contribution in [2.45, 2.75) is 13.2 Å². The predicted octanol–water partition coefficient (Wildman–Crippen LogP) is 0.248. The van der Waals surface area contributed by atoms with E-state index in [2.05, 4.69) is 11.9 Å². The van der Waals surface area contributed by atoms with Gasteiger partial charge in [0.2, 0.25) is 0 Å². The largest absolute Gasteiger partial charge is 0.482 e. The van der Waals surface area contributed by atoms with Crippen LogP contribution in [-0.2, 0) is 9.53 Å². The summed E-state index contributed by atoms with van der Waals surface area (Å²) in [4.78, 5) is 10.1. The molecule has 0 fully saturated rings. The molecule has 4 nitrogen and oxygen atoms in total. The summed E-state index contributed by atoms with van der Waals surface area (Å²) in [7, 11) is 1.60. The van der Waals surface area contributed by atoms with Gasteiger partial charge in [0.05, 0.1) is 6.61 Å². The maximum atomic E-state index is 10.1. The molecule has 12 heavy (non-hydrogen) atoms. The minimum atomic E-state index is -0.834. The van der Waals surface area contributed by atoms with Gasteiger partial charge in [-0.15, -0.1) is 0 Å². The second kappa shape index (κ2) is 6.58. The number of aliphatic carboxylic acids is 1. The van der Waals surface area contributed by atoms with Gasteiger partial charge in [-0.3, -0.25) is 4.79 Å². The summed E-state index contributed by atoms with van der Waals surface area (Å²) in [6.45, 7) is 5.98. The van der Waals surface area contributed by atoms with Gasteiger partial charge in [0.1, 0.15) is 7.28 Å². The van der Waals surface area contributed by atoms with E-state index < -0.39 is 5.97 Å². The van der Waals surface area contributed by atoms with Crippen molar-refractivity contribution < 1.29 is 14.6 Å². The van der Waals surface area contributed by atoms with Crippen LogP contribution in [0.1, 0.15) is 6.92 Å². The molecule has 0 aromatic heterocycles. The summed E-state index contributed by atoms with van der Waals surface area (Å²) in [5.41, 5.74) is 0. The predicted molar refractivity (Wildman–Crippen MR) is 47.0 cm³/mol. The molecule has 0 spiro atoms. The molecule has 0 atom stereocenters. The molecule has 0 aliphatic carbocycles. The van der Waals surface area contributed by atoms with E-state index in [9.17, 15) is 4.79 Å². The minimum Gasteiger partial charge on any atom is -0.482 e. The monoisotopic (exact) mass is 170 g/mol. The fourth-order valence-electron chi connectivity index (χ4n) is 0.607. The molecule has 0 bridgehead atoms. The average molecular weight is 170 g/mol. The Morgan fingerprint density at radius 1 is 1.75 bits per heavy atom. The highest BCUT2D eigenvalue weighted by Gasteiger charge is 1.98. The van der Waals surface area contributed by atoms with E-state index in [-0.39, 0.29) is 6.32 Å². The summed E-state index contributed by atoms with van der Waals surface area (Å²) < 4.78 is 4.98. The molecule has 0 heterocycles. The molecule has 67 valence electrons. The van der Waals surface area contributed by atoms with Crippen molar-refractivity contribution in [3.05, 3.63) is 12.5 Å². The lowest BCUT2D eigenvalue weighted by Gasteiger charge is -2.07. The van der Waals surface area contributed by atoms with Crippen molar-refractivity contribution >= 4 is 13.2 Å². The number of carboxylic acid groups (broad SMARTS) is 1. The van der Waals surface area contributed by atoms with Crippen LogP contribution in [0.4, 0.5) is 0 Å². The second-order valence-electron chi connectivity index (χ2n) is 2.12. The Balaban J connectivity index is 3.19. The van der Waals surface area contributed by atoms with E-state index in [1.54, 1.807) is 7.28 Å². The average Bonchev–Trinajstić information content (AvgIpc) is 1.98. The van der Waals surface area contributed by atoms with Crippen molar-refractivity contribution in [3.63, 3.8) is 0 Å². The molecule has 0 unspecified atom stereocenters. The quantitative estimate of drug-likeness (QED) is 0.326. The van der Waals surface area contributed by atoms with E-state index in [4.69, 9.17) is 9.84 Å². The molecule has 1 radical (unpaired) electrons. The highest BCUT2D eigenvalue weighted by atomic mass is 16.5. The van der Waals surface area contributed by atoms with Crippen LogP contribution in [-0.4, -0.2) is 31.4 Å². The standard InChI is InChI=1S/C7H13BNO3/c1-3-12-6(2)9-5-8-4-7(10)11/h9H,2-5H2,1H3,(H,10,11).